The molecule has 0 atom stereocenters. The Bertz CT molecular complexity index is 575. The van der Waals surface area contributed by atoms with Crippen molar-refractivity contribution in [1.29, 1.82) is 0 Å². The van der Waals surface area contributed by atoms with Crippen LogP contribution >= 0.6 is 15.9 Å². The lowest BCUT2D eigenvalue weighted by Gasteiger charge is -2.18. The Balaban J connectivity index is 2.12. The Morgan fingerprint density at radius 2 is 1.80 bits per heavy atom. The maximum Gasteiger partial charge on any atom is 0.306 e. The maximum atomic E-state index is 14.0. The van der Waals surface area contributed by atoms with Crippen LogP contribution in [0.2, 0.25) is 0 Å². The van der Waals surface area contributed by atoms with Crippen molar-refractivity contribution in [3.8, 4) is 5.75 Å². The van der Waals surface area contributed by atoms with Gasteiger partial charge in [0.1, 0.15) is 5.75 Å². The molecule has 0 amide bonds. The average Bonchev–Trinajstić information content (AvgIpc) is 2.46. The second-order valence-corrected chi connectivity index (χ2v) is 5.23. The molecule has 2 rings (SSSR count). The molecule has 0 unspecified atom stereocenters. The van der Waals surface area contributed by atoms with Crippen molar-refractivity contribution in [1.82, 2.24) is 0 Å². The van der Waals surface area contributed by atoms with E-state index in [0.717, 1.165) is 4.47 Å². The zero-order chi connectivity index (χ0) is 14.6. The Kier molecular flexibility index (Phi) is 4.73. The zero-order valence-electron chi connectivity index (χ0n) is 10.7. The predicted molar refractivity (Wildman–Crippen MR) is 77.9 cm³/mol. The van der Waals surface area contributed by atoms with Crippen LogP contribution in [0.1, 0.15) is 11.1 Å². The van der Waals surface area contributed by atoms with Crippen LogP contribution in [0.4, 0.5) is 8.78 Å². The second kappa shape index (κ2) is 6.33. The molecule has 0 bridgehead atoms. The SMILES string of the molecule is NCc1cc(Br)ccc1OCC(F)(F)c1ccccc1. The van der Waals surface area contributed by atoms with Crippen LogP contribution in [0.5, 0.6) is 5.75 Å². The summed E-state index contributed by atoms with van der Waals surface area (Å²) in [4.78, 5) is 0. The van der Waals surface area contributed by atoms with Crippen molar-refractivity contribution in [2.75, 3.05) is 6.61 Å². The van der Waals surface area contributed by atoms with E-state index in [1.165, 1.54) is 12.1 Å². The Labute approximate surface area is 124 Å². The van der Waals surface area contributed by atoms with E-state index in [0.29, 0.717) is 11.3 Å². The summed E-state index contributed by atoms with van der Waals surface area (Å²) in [6.45, 7) is -0.489. The molecule has 0 aliphatic heterocycles. The standard InChI is InChI=1S/C15H14BrF2NO/c16-13-6-7-14(11(8-13)9-19)20-10-15(17,18)12-4-2-1-3-5-12/h1-8H,9-10,19H2. The molecule has 0 radical (unpaired) electrons. The third-order valence-electron chi connectivity index (χ3n) is 2.85. The minimum atomic E-state index is -3.04. The van der Waals surface area contributed by atoms with Crippen LogP contribution < -0.4 is 10.5 Å². The lowest BCUT2D eigenvalue weighted by Crippen LogP contribution is -2.23. The van der Waals surface area contributed by atoms with Gasteiger partial charge in [-0.15, -0.1) is 0 Å². The van der Waals surface area contributed by atoms with Crippen LogP contribution in [0.3, 0.4) is 0 Å². The number of alkyl halides is 2. The van der Waals surface area contributed by atoms with Crippen molar-refractivity contribution >= 4 is 15.9 Å². The highest BCUT2D eigenvalue weighted by atomic mass is 79.9. The van der Waals surface area contributed by atoms with Gasteiger partial charge in [-0.3, -0.25) is 0 Å². The fourth-order valence-electron chi connectivity index (χ4n) is 1.78. The fourth-order valence-corrected chi connectivity index (χ4v) is 2.19. The fraction of sp³-hybridized carbons (Fsp3) is 0.200. The van der Waals surface area contributed by atoms with E-state index in [1.807, 2.05) is 0 Å². The van der Waals surface area contributed by atoms with Gasteiger partial charge >= 0.3 is 5.92 Å². The third-order valence-corrected chi connectivity index (χ3v) is 3.34. The molecule has 2 aromatic carbocycles. The molecule has 2 aromatic rings. The van der Waals surface area contributed by atoms with Gasteiger partial charge in [-0.2, -0.15) is 8.78 Å². The van der Waals surface area contributed by atoms with Gasteiger partial charge in [0, 0.05) is 22.1 Å². The summed E-state index contributed by atoms with van der Waals surface area (Å²) < 4.78 is 34.1. The maximum absolute atomic E-state index is 14.0. The molecule has 0 fully saturated rings. The van der Waals surface area contributed by atoms with Gasteiger partial charge in [-0.25, -0.2) is 0 Å². The summed E-state index contributed by atoms with van der Waals surface area (Å²) in [5.41, 5.74) is 6.20. The molecule has 2 nitrogen and oxygen atoms in total. The highest BCUT2D eigenvalue weighted by Gasteiger charge is 2.32. The number of rotatable bonds is 5. The minimum Gasteiger partial charge on any atom is -0.487 e. The van der Waals surface area contributed by atoms with Gasteiger partial charge in [0.25, 0.3) is 0 Å². The monoisotopic (exact) mass is 341 g/mol. The first kappa shape index (κ1) is 14.9. The second-order valence-electron chi connectivity index (χ2n) is 4.32. The molecule has 2 N–H and O–H groups in total. The first-order chi connectivity index (χ1) is 9.53. The van der Waals surface area contributed by atoms with E-state index in [1.54, 1.807) is 36.4 Å². The van der Waals surface area contributed by atoms with Gasteiger partial charge < -0.3 is 10.5 Å². The molecule has 0 aliphatic carbocycles. The molecular formula is C15H14BrF2NO. The van der Waals surface area contributed by atoms with Crippen molar-refractivity contribution in [2.24, 2.45) is 5.73 Å². The largest absolute Gasteiger partial charge is 0.487 e. The van der Waals surface area contributed by atoms with Crippen LogP contribution in [-0.4, -0.2) is 6.61 Å². The highest BCUT2D eigenvalue weighted by molar-refractivity contribution is 9.10. The van der Waals surface area contributed by atoms with Crippen LogP contribution in [0.15, 0.2) is 53.0 Å². The van der Waals surface area contributed by atoms with E-state index in [2.05, 4.69) is 15.9 Å². The summed E-state index contributed by atoms with van der Waals surface area (Å²) in [6.07, 6.45) is 0. The summed E-state index contributed by atoms with van der Waals surface area (Å²) in [7, 11) is 0. The molecular weight excluding hydrogens is 328 g/mol. The van der Waals surface area contributed by atoms with Crippen LogP contribution in [-0.2, 0) is 12.5 Å². The van der Waals surface area contributed by atoms with Gasteiger partial charge in [0.15, 0.2) is 6.61 Å². The molecule has 0 saturated heterocycles. The number of hydrogen-bond acceptors (Lipinski definition) is 2. The van der Waals surface area contributed by atoms with Gasteiger partial charge in [0.2, 0.25) is 0 Å². The Morgan fingerprint density at radius 1 is 1.10 bits per heavy atom. The van der Waals surface area contributed by atoms with E-state index >= 15 is 0 Å². The lowest BCUT2D eigenvalue weighted by molar-refractivity contribution is -0.0469. The minimum absolute atomic E-state index is 0.0635. The zero-order valence-corrected chi connectivity index (χ0v) is 12.2. The summed E-state index contributed by atoms with van der Waals surface area (Å²) in [6, 6.07) is 12.7. The molecule has 0 aliphatic rings. The average molecular weight is 342 g/mol. The van der Waals surface area contributed by atoms with Gasteiger partial charge in [-0.1, -0.05) is 46.3 Å². The van der Waals surface area contributed by atoms with Gasteiger partial charge in [-0.05, 0) is 18.2 Å². The summed E-state index contributed by atoms with van der Waals surface area (Å²) in [5.74, 6) is -2.66. The number of nitrogens with two attached hydrogens (primary N) is 1. The molecule has 106 valence electrons. The van der Waals surface area contributed by atoms with E-state index < -0.39 is 12.5 Å². The quantitative estimate of drug-likeness (QED) is 0.889. The predicted octanol–water partition coefficient (Wildman–Crippen LogP) is 4.08. The van der Waals surface area contributed by atoms with Crippen molar-refractivity contribution in [2.45, 2.75) is 12.5 Å². The topological polar surface area (TPSA) is 35.2 Å². The summed E-state index contributed by atoms with van der Waals surface area (Å²) in [5, 5.41) is 0. The van der Waals surface area contributed by atoms with E-state index in [4.69, 9.17) is 10.5 Å². The first-order valence-corrected chi connectivity index (χ1v) is 6.87. The third kappa shape index (κ3) is 3.55. The number of hydrogen-bond donors (Lipinski definition) is 1. The number of benzene rings is 2. The lowest BCUT2D eigenvalue weighted by atomic mass is 10.1. The van der Waals surface area contributed by atoms with Crippen LogP contribution in [0.25, 0.3) is 0 Å². The van der Waals surface area contributed by atoms with Crippen molar-refractivity contribution < 1.29 is 13.5 Å². The molecule has 20 heavy (non-hydrogen) atoms. The normalized spacial score (nSPS) is 11.4. The molecule has 0 spiro atoms. The van der Waals surface area contributed by atoms with Gasteiger partial charge in [0.05, 0.1) is 0 Å². The first-order valence-electron chi connectivity index (χ1n) is 6.07. The molecule has 0 heterocycles. The Morgan fingerprint density at radius 3 is 2.45 bits per heavy atom. The van der Waals surface area contributed by atoms with E-state index in [-0.39, 0.29) is 12.1 Å². The smallest absolute Gasteiger partial charge is 0.306 e. The van der Waals surface area contributed by atoms with Crippen molar-refractivity contribution in [3.05, 3.63) is 64.1 Å². The number of ether oxygens (including phenoxy) is 1. The molecule has 5 heteroatoms. The molecule has 0 saturated carbocycles. The highest BCUT2D eigenvalue weighted by Crippen LogP contribution is 2.30. The summed E-state index contributed by atoms with van der Waals surface area (Å²) >= 11 is 3.31. The van der Waals surface area contributed by atoms with Crippen LogP contribution in [0, 0.1) is 0 Å². The van der Waals surface area contributed by atoms with Crippen molar-refractivity contribution in [3.63, 3.8) is 0 Å². The van der Waals surface area contributed by atoms with E-state index in [9.17, 15) is 8.78 Å². The molecule has 0 aromatic heterocycles. The number of halogens is 3. The Hall–Kier alpha value is -1.46.